The summed E-state index contributed by atoms with van der Waals surface area (Å²) in [5.41, 5.74) is 0. The summed E-state index contributed by atoms with van der Waals surface area (Å²) in [7, 11) is -1.34. The minimum Gasteiger partial charge on any atom is -0.147 e. The van der Waals surface area contributed by atoms with Gasteiger partial charge in [-0.25, -0.2) is 0 Å². The van der Waals surface area contributed by atoms with Gasteiger partial charge in [-0.3, -0.25) is 0 Å². The standard InChI is InChI=1S/C6H14O2P.Zn/c1-3-5-6-9(7)8-4-2;/h3-6H2,1-2H3;/q+1;. The van der Waals surface area contributed by atoms with E-state index in [0.29, 0.717) is 6.61 Å². The molecule has 0 spiro atoms. The first-order valence-electron chi connectivity index (χ1n) is 3.38. The molecule has 1 atom stereocenters. The Labute approximate surface area is 76.4 Å². The summed E-state index contributed by atoms with van der Waals surface area (Å²) in [4.78, 5) is 0. The van der Waals surface area contributed by atoms with Crippen molar-refractivity contribution in [3.05, 3.63) is 0 Å². The molecular weight excluding hydrogens is 200 g/mol. The maximum atomic E-state index is 10.7. The predicted molar refractivity (Wildman–Crippen MR) is 39.0 cm³/mol. The van der Waals surface area contributed by atoms with Gasteiger partial charge in [0.25, 0.3) is 0 Å². The SMILES string of the molecule is CCCC[P+](=O)OCC.[Zn]. The van der Waals surface area contributed by atoms with Crippen LogP contribution in [0.25, 0.3) is 0 Å². The third-order valence-electron chi connectivity index (χ3n) is 0.967. The molecule has 0 rings (SSSR count). The smallest absolute Gasteiger partial charge is 0.147 e. The molecule has 0 saturated carbocycles. The number of unbranched alkanes of at least 4 members (excludes halogenated alkanes) is 1. The van der Waals surface area contributed by atoms with Gasteiger partial charge in [0.1, 0.15) is 0 Å². The Bertz CT molecular complexity index is 87.8. The van der Waals surface area contributed by atoms with Gasteiger partial charge < -0.3 is 0 Å². The first-order chi connectivity index (χ1) is 4.31. The summed E-state index contributed by atoms with van der Waals surface area (Å²) in [5, 5.41) is 0. The van der Waals surface area contributed by atoms with Crippen LogP contribution < -0.4 is 0 Å². The fourth-order valence-corrected chi connectivity index (χ4v) is 1.49. The zero-order valence-corrected chi connectivity index (χ0v) is 10.7. The van der Waals surface area contributed by atoms with E-state index in [0.717, 1.165) is 19.0 Å². The third kappa shape index (κ3) is 8.68. The molecule has 0 fully saturated rings. The fourth-order valence-electron chi connectivity index (χ4n) is 0.496. The minimum atomic E-state index is -1.34. The normalized spacial score (nSPS) is 10.4. The molecule has 0 aromatic heterocycles. The summed E-state index contributed by atoms with van der Waals surface area (Å²) in [5.74, 6) is 0. The Hall–Kier alpha value is 0.683. The molecule has 4 heteroatoms. The monoisotopic (exact) mass is 213 g/mol. The molecule has 0 aromatic rings. The second-order valence-corrected chi connectivity index (χ2v) is 3.20. The van der Waals surface area contributed by atoms with Crippen LogP contribution in [0.4, 0.5) is 0 Å². The van der Waals surface area contributed by atoms with Crippen molar-refractivity contribution in [1.82, 2.24) is 0 Å². The first-order valence-corrected chi connectivity index (χ1v) is 4.75. The zero-order chi connectivity index (χ0) is 7.11. The molecule has 0 aliphatic rings. The molecule has 0 saturated heterocycles. The average Bonchev–Trinajstić information content (AvgIpc) is 1.85. The molecule has 1 unspecified atom stereocenters. The summed E-state index contributed by atoms with van der Waals surface area (Å²) < 4.78 is 15.6. The van der Waals surface area contributed by atoms with Crippen LogP contribution in [0.5, 0.6) is 0 Å². The minimum absolute atomic E-state index is 0. The van der Waals surface area contributed by atoms with Crippen molar-refractivity contribution in [3.63, 3.8) is 0 Å². The fraction of sp³-hybridized carbons (Fsp3) is 1.00. The molecule has 0 aliphatic heterocycles. The van der Waals surface area contributed by atoms with Crippen molar-refractivity contribution in [3.8, 4) is 0 Å². The maximum absolute atomic E-state index is 10.7. The van der Waals surface area contributed by atoms with Gasteiger partial charge in [0.05, 0.1) is 6.61 Å². The van der Waals surface area contributed by atoms with Crippen LogP contribution in [0, 0.1) is 0 Å². The van der Waals surface area contributed by atoms with Crippen LogP contribution in [0.3, 0.4) is 0 Å². The van der Waals surface area contributed by atoms with E-state index in [9.17, 15) is 4.57 Å². The van der Waals surface area contributed by atoms with Gasteiger partial charge >= 0.3 is 8.03 Å². The predicted octanol–water partition coefficient (Wildman–Crippen LogP) is 2.56. The Kier molecular flexibility index (Phi) is 12.9. The van der Waals surface area contributed by atoms with Gasteiger partial charge in [0, 0.05) is 19.5 Å². The number of rotatable bonds is 5. The Morgan fingerprint density at radius 1 is 1.40 bits per heavy atom. The van der Waals surface area contributed by atoms with Crippen LogP contribution in [-0.2, 0) is 28.6 Å². The molecular formula is C6H14O2PZn+. The van der Waals surface area contributed by atoms with E-state index < -0.39 is 8.03 Å². The topological polar surface area (TPSA) is 26.3 Å². The van der Waals surface area contributed by atoms with Gasteiger partial charge in [0.15, 0.2) is 6.16 Å². The average molecular weight is 215 g/mol. The van der Waals surface area contributed by atoms with Gasteiger partial charge in [0.2, 0.25) is 0 Å². The van der Waals surface area contributed by atoms with E-state index in [4.69, 9.17) is 4.52 Å². The molecule has 10 heavy (non-hydrogen) atoms. The Morgan fingerprint density at radius 3 is 2.40 bits per heavy atom. The van der Waals surface area contributed by atoms with Crippen molar-refractivity contribution in [2.45, 2.75) is 26.7 Å². The first kappa shape index (κ1) is 13.3. The van der Waals surface area contributed by atoms with Crippen LogP contribution in [-0.4, -0.2) is 12.8 Å². The van der Waals surface area contributed by atoms with E-state index in [-0.39, 0.29) is 19.5 Å². The molecule has 0 N–H and O–H groups in total. The van der Waals surface area contributed by atoms with Crippen LogP contribution in [0.15, 0.2) is 0 Å². The van der Waals surface area contributed by atoms with Crippen molar-refractivity contribution in [1.29, 1.82) is 0 Å². The van der Waals surface area contributed by atoms with Crippen molar-refractivity contribution in [2.24, 2.45) is 0 Å². The molecule has 0 amide bonds. The van der Waals surface area contributed by atoms with Gasteiger partial charge in [-0.05, 0) is 17.9 Å². The van der Waals surface area contributed by atoms with E-state index in [1.165, 1.54) is 0 Å². The van der Waals surface area contributed by atoms with Crippen LogP contribution in [0.2, 0.25) is 0 Å². The number of hydrogen-bond acceptors (Lipinski definition) is 2. The quantitative estimate of drug-likeness (QED) is 0.519. The Morgan fingerprint density at radius 2 is 2.00 bits per heavy atom. The van der Waals surface area contributed by atoms with Crippen molar-refractivity contribution in [2.75, 3.05) is 12.8 Å². The molecule has 0 aliphatic carbocycles. The zero-order valence-electron chi connectivity index (χ0n) is 6.80. The van der Waals surface area contributed by atoms with E-state index in [1.54, 1.807) is 0 Å². The van der Waals surface area contributed by atoms with Crippen LogP contribution in [0.1, 0.15) is 26.7 Å². The molecule has 0 bridgehead atoms. The summed E-state index contributed by atoms with van der Waals surface area (Å²) in [6, 6.07) is 0. The molecule has 0 heterocycles. The van der Waals surface area contributed by atoms with E-state index >= 15 is 0 Å². The van der Waals surface area contributed by atoms with Crippen molar-refractivity contribution < 1.29 is 28.6 Å². The van der Waals surface area contributed by atoms with E-state index in [1.807, 2.05) is 6.92 Å². The third-order valence-corrected chi connectivity index (χ3v) is 2.19. The summed E-state index contributed by atoms with van der Waals surface area (Å²) in [6.45, 7) is 4.51. The largest absolute Gasteiger partial charge is 0.508 e. The molecule has 0 aromatic carbocycles. The Balaban J connectivity index is 0. The molecule has 0 radical (unpaired) electrons. The second kappa shape index (κ2) is 9.68. The maximum Gasteiger partial charge on any atom is 0.508 e. The van der Waals surface area contributed by atoms with Crippen molar-refractivity contribution >= 4 is 8.03 Å². The van der Waals surface area contributed by atoms with Crippen LogP contribution >= 0.6 is 8.03 Å². The van der Waals surface area contributed by atoms with Gasteiger partial charge in [-0.2, -0.15) is 0 Å². The van der Waals surface area contributed by atoms with Gasteiger partial charge in [-0.1, -0.05) is 13.3 Å². The number of hydrogen-bond donors (Lipinski definition) is 0. The van der Waals surface area contributed by atoms with E-state index in [2.05, 4.69) is 6.92 Å². The molecule has 2 nitrogen and oxygen atoms in total. The molecule has 56 valence electrons. The second-order valence-electron chi connectivity index (χ2n) is 1.83. The summed E-state index contributed by atoms with van der Waals surface area (Å²) >= 11 is 0. The van der Waals surface area contributed by atoms with Gasteiger partial charge in [-0.15, -0.1) is 4.52 Å². The summed E-state index contributed by atoms with van der Waals surface area (Å²) in [6.07, 6.45) is 2.82.